The summed E-state index contributed by atoms with van der Waals surface area (Å²) in [6, 6.07) is 0. The van der Waals surface area contributed by atoms with Gasteiger partial charge in [0.05, 0.1) is 0 Å². The molecule has 0 atom stereocenters. The van der Waals surface area contributed by atoms with Crippen LogP contribution in [0.1, 0.15) is 0 Å². The van der Waals surface area contributed by atoms with Crippen LogP contribution < -0.4 is 0 Å². The summed E-state index contributed by atoms with van der Waals surface area (Å²) < 4.78 is 5.50. The van der Waals surface area contributed by atoms with E-state index in [0.29, 0.717) is 0 Å². The average Bonchev–Trinajstić information content (AvgIpc) is 1.38. The van der Waals surface area contributed by atoms with E-state index in [1.807, 2.05) is 0 Å². The molecule has 0 aromatic heterocycles. The van der Waals surface area contributed by atoms with Crippen molar-refractivity contribution in [2.75, 3.05) is 7.11 Å². The maximum atomic E-state index is 4.61. The Balaban J connectivity index is 2.85. The minimum atomic E-state index is 0.885. The number of ether oxygens (including phenoxy) is 1. The normalized spacial score (nSPS) is 6.80. The van der Waals surface area contributed by atoms with E-state index < -0.39 is 0 Å². The Morgan fingerprint density at radius 3 is 2.20 bits per heavy atom. The van der Waals surface area contributed by atoms with Gasteiger partial charge in [-0.3, -0.25) is 0 Å². The minimum absolute atomic E-state index is 0.885. The summed E-state index contributed by atoms with van der Waals surface area (Å²) in [4.78, 5) is 0. The van der Waals surface area contributed by atoms with E-state index in [9.17, 15) is 0 Å². The first kappa shape index (κ1) is 5.34. The van der Waals surface area contributed by atoms with E-state index in [1.54, 1.807) is 7.11 Å². The summed E-state index contributed by atoms with van der Waals surface area (Å²) in [6.45, 7) is 3.51. The van der Waals surface area contributed by atoms with Gasteiger partial charge in [-0.05, 0) is 0 Å². The van der Waals surface area contributed by atoms with E-state index >= 15 is 0 Å². The van der Waals surface area contributed by atoms with Crippen molar-refractivity contribution in [1.29, 1.82) is 0 Å². The Hall–Kier alpha value is 0.339. The summed E-state index contributed by atoms with van der Waals surface area (Å²) in [6.07, 6.45) is 0. The average molecular weight is 177 g/mol. The fraction of sp³-hybridized carbons (Fsp3) is 0.333. The molecule has 0 bridgehead atoms. The van der Waals surface area contributed by atoms with E-state index in [2.05, 4.69) is 11.3 Å². The van der Waals surface area contributed by atoms with Crippen LogP contribution in [0.15, 0.2) is 10.4 Å². The van der Waals surface area contributed by atoms with Crippen LogP contribution in [0.5, 0.6) is 0 Å². The fourth-order valence-corrected chi connectivity index (χ4v) is 0. The van der Waals surface area contributed by atoms with Gasteiger partial charge in [0.1, 0.15) is 0 Å². The van der Waals surface area contributed by atoms with Crippen LogP contribution in [0.2, 0.25) is 0 Å². The Morgan fingerprint density at radius 2 is 2.20 bits per heavy atom. The summed E-state index contributed by atoms with van der Waals surface area (Å²) in [7, 11) is 1.63. The maximum absolute atomic E-state index is 4.61. The second-order valence-electron chi connectivity index (χ2n) is 0.670. The van der Waals surface area contributed by atoms with Crippen LogP contribution in [0, 0.1) is 0 Å². The van der Waals surface area contributed by atoms with E-state index in [0.717, 1.165) is 26.3 Å². The van der Waals surface area contributed by atoms with Gasteiger partial charge in [0.2, 0.25) is 0 Å². The second kappa shape index (κ2) is 2.57. The number of hydrogen-bond acceptors (Lipinski definition) is 1. The summed E-state index contributed by atoms with van der Waals surface area (Å²) in [5, 5.41) is 0. The summed E-state index contributed by atoms with van der Waals surface area (Å²) >= 11 is 1.01. The van der Waals surface area contributed by atoms with E-state index in [4.69, 9.17) is 0 Å². The molecule has 0 aromatic carbocycles. The molecule has 0 saturated heterocycles. The Bertz CT molecular complexity index is 42.2. The molecule has 2 radical (unpaired) electrons. The van der Waals surface area contributed by atoms with Crippen LogP contribution in [0.25, 0.3) is 0 Å². The van der Waals surface area contributed by atoms with Crippen LogP contribution in [0.4, 0.5) is 0 Å². The molecule has 0 aromatic rings. The third kappa shape index (κ3) is 4.34. The number of rotatable bonds is 1. The van der Waals surface area contributed by atoms with Crippen LogP contribution in [-0.2, 0) is 4.74 Å². The molecule has 5 heavy (non-hydrogen) atoms. The number of methoxy groups -OCH3 is 1. The van der Waals surface area contributed by atoms with Gasteiger partial charge in [0.25, 0.3) is 0 Å². The zero-order valence-electron chi connectivity index (χ0n) is 3.19. The molecule has 1 nitrogen and oxygen atoms in total. The van der Waals surface area contributed by atoms with Crippen molar-refractivity contribution in [1.82, 2.24) is 0 Å². The quantitative estimate of drug-likeness (QED) is 0.404. The van der Waals surface area contributed by atoms with Gasteiger partial charge >= 0.3 is 44.7 Å². The van der Waals surface area contributed by atoms with E-state index in [-0.39, 0.29) is 0 Å². The van der Waals surface area contributed by atoms with Gasteiger partial charge in [0.15, 0.2) is 0 Å². The molecule has 0 fully saturated rings. The Kier molecular flexibility index (Phi) is 2.74. The first-order valence-electron chi connectivity index (χ1n) is 1.25. The summed E-state index contributed by atoms with van der Waals surface area (Å²) in [5.74, 6) is 0. The topological polar surface area (TPSA) is 9.23 Å². The molecule has 0 aliphatic carbocycles. The van der Waals surface area contributed by atoms with Gasteiger partial charge < -0.3 is 0 Å². The van der Waals surface area contributed by atoms with Crippen LogP contribution in [-0.4, -0.2) is 29.6 Å². The monoisotopic (exact) mass is 178 g/mol. The molecule has 0 amide bonds. The first-order chi connectivity index (χ1) is 2.27. The first-order valence-corrected chi connectivity index (χ1v) is 2.90. The van der Waals surface area contributed by atoms with Crippen molar-refractivity contribution in [2.45, 2.75) is 0 Å². The molecule has 28 valence electrons. The Morgan fingerprint density at radius 1 is 2.00 bits per heavy atom. The molecule has 0 unspecified atom stereocenters. The molecule has 0 rings (SSSR count). The van der Waals surface area contributed by atoms with Gasteiger partial charge in [-0.1, -0.05) is 0 Å². The zero-order valence-corrected chi connectivity index (χ0v) is 6.49. The molecule has 0 saturated carbocycles. The predicted molar refractivity (Wildman–Crippen MR) is 23.3 cm³/mol. The van der Waals surface area contributed by atoms with Gasteiger partial charge in [-0.25, -0.2) is 0 Å². The summed E-state index contributed by atoms with van der Waals surface area (Å²) in [5.41, 5.74) is 0. The third-order valence-corrected chi connectivity index (χ3v) is 0.935. The van der Waals surface area contributed by atoms with Crippen molar-refractivity contribution in [2.24, 2.45) is 0 Å². The van der Waals surface area contributed by atoms with Crippen LogP contribution in [0.3, 0.4) is 0 Å². The zero-order chi connectivity index (χ0) is 4.28. The van der Waals surface area contributed by atoms with Crippen LogP contribution >= 0.6 is 0 Å². The van der Waals surface area contributed by atoms with E-state index in [1.165, 1.54) is 0 Å². The predicted octanol–water partition coefficient (Wildman–Crippen LogP) is 0.00480. The number of hydrogen-bond donors (Lipinski definition) is 0. The van der Waals surface area contributed by atoms with Crippen molar-refractivity contribution in [3.8, 4) is 0 Å². The molecule has 0 spiro atoms. The van der Waals surface area contributed by atoms with Gasteiger partial charge in [0, 0.05) is 0 Å². The molecular weight excluding hydrogens is 171 g/mol. The van der Waals surface area contributed by atoms with Gasteiger partial charge in [-0.2, -0.15) is 0 Å². The molecule has 0 N–H and O–H groups in total. The van der Waals surface area contributed by atoms with Crippen molar-refractivity contribution in [3.05, 3.63) is 10.4 Å². The third-order valence-electron chi connectivity index (χ3n) is 0.262. The molecule has 0 aliphatic rings. The SMILES string of the molecule is C=[C]([SnH])OC. The fourth-order valence-electron chi connectivity index (χ4n) is 0. The molecule has 0 aliphatic heterocycles. The second-order valence-corrected chi connectivity index (χ2v) is 2.51. The van der Waals surface area contributed by atoms with Crippen molar-refractivity contribution < 1.29 is 4.74 Å². The molecule has 0 heterocycles. The van der Waals surface area contributed by atoms with Gasteiger partial charge in [-0.15, -0.1) is 0 Å². The molecule has 2 heteroatoms. The molecular formula is C3H6OSn. The Labute approximate surface area is 45.1 Å². The standard InChI is InChI=1S/C3H5O.Sn.H/c1-3-4-2;;/h1H2,2H3;;. The van der Waals surface area contributed by atoms with Crippen molar-refractivity contribution >= 4 is 22.5 Å². The van der Waals surface area contributed by atoms with Crippen molar-refractivity contribution in [3.63, 3.8) is 0 Å².